The highest BCUT2D eigenvalue weighted by molar-refractivity contribution is 7.87. The number of phenols is 1. The van der Waals surface area contributed by atoms with Gasteiger partial charge < -0.3 is 30.6 Å². The molecular formula is C31H28N2O13S. The Labute approximate surface area is 266 Å². The van der Waals surface area contributed by atoms with Crippen molar-refractivity contribution in [2.75, 3.05) is 26.2 Å². The maximum absolute atomic E-state index is 14.2. The molecule has 47 heavy (non-hydrogen) atoms. The number of carboxylic acids is 4. The number of hydrogen-bond donors (Lipinski definition) is 6. The number of carboxylic acid groups (broad SMARTS) is 4. The second-order valence-electron chi connectivity index (χ2n) is 11.8. The van der Waals surface area contributed by atoms with Crippen molar-refractivity contribution in [1.82, 2.24) is 9.80 Å². The SMILES string of the molecule is Cc1cc2cc(c1O)[C@@]2(N(CC(=O)O)CC(=O)O)C1([C@]2(N(CC(=O)O)CC(=O)O)c3cc(C)c(O)c2c3)OS(=O)(=O)c2ccccc21. The molecule has 3 atom stereocenters. The zero-order valence-electron chi connectivity index (χ0n) is 24.8. The minimum Gasteiger partial charge on any atom is -0.507 e. The van der Waals surface area contributed by atoms with E-state index in [-0.39, 0.29) is 39.0 Å². The number of hydrogen-bond acceptors (Lipinski definition) is 11. The minimum atomic E-state index is -4.88. The van der Waals surface area contributed by atoms with Gasteiger partial charge in [0.15, 0.2) is 5.60 Å². The minimum absolute atomic E-state index is 0.0912. The first-order valence-corrected chi connectivity index (χ1v) is 15.5. The van der Waals surface area contributed by atoms with Crippen LogP contribution in [-0.4, -0.2) is 104 Å². The summed E-state index contributed by atoms with van der Waals surface area (Å²) in [6, 6.07) is 8.07. The Morgan fingerprint density at radius 2 is 1.30 bits per heavy atom. The van der Waals surface area contributed by atoms with Crippen LogP contribution in [0.15, 0.2) is 75.9 Å². The van der Waals surface area contributed by atoms with Gasteiger partial charge in [-0.2, -0.15) is 8.42 Å². The van der Waals surface area contributed by atoms with Gasteiger partial charge in [-0.15, -0.1) is 0 Å². The Kier molecular flexibility index (Phi) is 6.95. The third-order valence-electron chi connectivity index (χ3n) is 9.26. The van der Waals surface area contributed by atoms with E-state index in [4.69, 9.17) is 4.18 Å². The molecule has 5 aliphatic rings. The summed E-state index contributed by atoms with van der Waals surface area (Å²) in [4.78, 5) is 51.1. The number of allylic oxidation sites excluding steroid dienone is 2. The Bertz CT molecular complexity index is 2000. The molecule has 6 N–H and O–H groups in total. The first kappa shape index (κ1) is 31.9. The van der Waals surface area contributed by atoms with Gasteiger partial charge in [0.1, 0.15) is 27.5 Å². The average molecular weight is 669 g/mol. The number of carbonyl (C=O) groups is 4. The molecule has 1 aliphatic heterocycles. The Morgan fingerprint density at radius 3 is 1.81 bits per heavy atom. The van der Waals surface area contributed by atoms with E-state index >= 15 is 0 Å². The number of rotatable bonds is 12. The smallest absolute Gasteiger partial charge is 0.317 e. The van der Waals surface area contributed by atoms with Crippen LogP contribution in [0.4, 0.5) is 0 Å². The Balaban J connectivity index is 1.87. The molecular weight excluding hydrogens is 640 g/mol. The molecule has 0 saturated heterocycles. The number of nitrogens with zero attached hydrogens (tertiary/aromatic N) is 2. The maximum Gasteiger partial charge on any atom is 0.317 e. The summed E-state index contributed by atoms with van der Waals surface area (Å²) < 4.78 is 34.5. The molecule has 1 unspecified atom stereocenters. The van der Waals surface area contributed by atoms with E-state index in [9.17, 15) is 58.2 Å². The molecule has 0 fully saturated rings. The van der Waals surface area contributed by atoms with Crippen LogP contribution < -0.4 is 0 Å². The molecule has 246 valence electrons. The van der Waals surface area contributed by atoms with Gasteiger partial charge in [0, 0.05) is 16.7 Å². The van der Waals surface area contributed by atoms with E-state index in [0.29, 0.717) is 0 Å². The lowest BCUT2D eigenvalue weighted by Crippen LogP contribution is -2.80. The molecule has 1 heterocycles. The fourth-order valence-electron chi connectivity index (χ4n) is 7.86. The van der Waals surface area contributed by atoms with Gasteiger partial charge in [0.25, 0.3) is 10.1 Å². The quantitative estimate of drug-likeness (QED) is 0.175. The van der Waals surface area contributed by atoms with Crippen LogP contribution in [0, 0.1) is 6.92 Å². The third kappa shape index (κ3) is 3.92. The van der Waals surface area contributed by atoms with Gasteiger partial charge in [0.05, 0.1) is 26.2 Å². The van der Waals surface area contributed by atoms with Crippen molar-refractivity contribution in [3.63, 3.8) is 0 Å². The number of aromatic hydroxyl groups is 1. The molecule has 4 bridgehead atoms. The highest BCUT2D eigenvalue weighted by Crippen LogP contribution is 2.73. The number of aliphatic hydroxyl groups is 1. The van der Waals surface area contributed by atoms with Crippen molar-refractivity contribution < 1.29 is 62.4 Å². The van der Waals surface area contributed by atoms with Crippen molar-refractivity contribution in [3.8, 4) is 5.75 Å². The van der Waals surface area contributed by atoms with E-state index in [1.54, 1.807) is 0 Å². The molecule has 15 nitrogen and oxygen atoms in total. The first-order valence-electron chi connectivity index (χ1n) is 14.1. The molecule has 0 aromatic heterocycles. The summed E-state index contributed by atoms with van der Waals surface area (Å²) in [7, 11) is -4.88. The van der Waals surface area contributed by atoms with Gasteiger partial charge in [0.2, 0.25) is 0 Å². The summed E-state index contributed by atoms with van der Waals surface area (Å²) >= 11 is 0. The molecule has 16 heteroatoms. The highest BCUT2D eigenvalue weighted by Gasteiger charge is 2.81. The van der Waals surface area contributed by atoms with Crippen LogP contribution in [0.5, 0.6) is 5.75 Å². The van der Waals surface area contributed by atoms with Crippen molar-refractivity contribution in [3.05, 3.63) is 93.3 Å². The lowest BCUT2D eigenvalue weighted by Gasteiger charge is -2.68. The number of phenolic OH excluding ortho intramolecular Hbond substituents is 1. The number of aliphatic hydroxyl groups excluding tert-OH is 1. The summed E-state index contributed by atoms with van der Waals surface area (Å²) in [5.41, 5.74) is -7.22. The average Bonchev–Trinajstić information content (AvgIpc) is 3.17. The van der Waals surface area contributed by atoms with Gasteiger partial charge in [-0.25, -0.2) is 4.18 Å². The summed E-state index contributed by atoms with van der Waals surface area (Å²) in [6.07, 6.45) is 2.78. The number of fused-ring (bicyclic) bond motifs is 5. The molecule has 0 saturated carbocycles. The van der Waals surface area contributed by atoms with Gasteiger partial charge in [-0.1, -0.05) is 30.3 Å². The van der Waals surface area contributed by atoms with Crippen molar-refractivity contribution in [1.29, 1.82) is 0 Å². The van der Waals surface area contributed by atoms with E-state index < -0.39 is 93.3 Å². The Hall–Kier alpha value is -5.03. The number of benzene rings is 2. The molecule has 7 rings (SSSR count). The molecule has 0 spiro atoms. The van der Waals surface area contributed by atoms with Crippen LogP contribution in [0.25, 0.3) is 0 Å². The Morgan fingerprint density at radius 1 is 0.766 bits per heavy atom. The van der Waals surface area contributed by atoms with E-state index in [0.717, 1.165) is 9.80 Å². The zero-order valence-corrected chi connectivity index (χ0v) is 25.6. The second-order valence-corrected chi connectivity index (χ2v) is 13.3. The monoisotopic (exact) mass is 668 g/mol. The number of aliphatic carboxylic acids is 4. The lowest BCUT2D eigenvalue weighted by atomic mass is 9.45. The van der Waals surface area contributed by atoms with E-state index in [2.05, 4.69) is 0 Å². The summed E-state index contributed by atoms with van der Waals surface area (Å²) in [5.74, 6) is -7.12. The van der Waals surface area contributed by atoms with Crippen LogP contribution in [-0.2, 0) is 44.6 Å². The highest BCUT2D eigenvalue weighted by atomic mass is 32.2. The second kappa shape index (κ2) is 10.2. The zero-order chi connectivity index (χ0) is 34.4. The predicted octanol–water partition coefficient (Wildman–Crippen LogP) is 1.27. The van der Waals surface area contributed by atoms with Gasteiger partial charge in [-0.3, -0.25) is 29.0 Å². The van der Waals surface area contributed by atoms with Crippen LogP contribution in [0.3, 0.4) is 0 Å². The molecule has 0 amide bonds. The normalized spacial score (nSPS) is 26.2. The molecule has 2 aromatic carbocycles. The topological polar surface area (TPSA) is 240 Å². The number of aryl methyl sites for hydroxylation is 1. The fraction of sp³-hybridized carbons (Fsp3) is 0.290. The molecule has 4 aliphatic carbocycles. The predicted molar refractivity (Wildman–Crippen MR) is 158 cm³/mol. The van der Waals surface area contributed by atoms with Crippen LogP contribution in [0.2, 0.25) is 0 Å². The van der Waals surface area contributed by atoms with E-state index in [1.807, 2.05) is 0 Å². The van der Waals surface area contributed by atoms with Gasteiger partial charge in [-0.05, 0) is 54.3 Å². The fourth-order valence-corrected chi connectivity index (χ4v) is 9.34. The van der Waals surface area contributed by atoms with Crippen molar-refractivity contribution in [2.45, 2.75) is 35.4 Å². The lowest BCUT2D eigenvalue weighted by molar-refractivity contribution is -0.177. The van der Waals surface area contributed by atoms with Crippen molar-refractivity contribution >= 4 is 34.0 Å². The maximum atomic E-state index is 14.2. The largest absolute Gasteiger partial charge is 0.507 e. The summed E-state index contributed by atoms with van der Waals surface area (Å²) in [6.45, 7) is -1.23. The van der Waals surface area contributed by atoms with Gasteiger partial charge >= 0.3 is 23.9 Å². The van der Waals surface area contributed by atoms with Crippen LogP contribution >= 0.6 is 0 Å². The standard InChI is InChI=1S/C31H28N2O13S/c1-15-7-17-9-20(27(15)42)29(17,32(11-23(34)35)12-24(36)37)31(19-5-3-4-6-22(19)47(44,45)46-31)30(33(13-25(38)39)14-26(40)41)18-8-16(2)28(43)21(30)10-18/h3-10,42-43H,11-14H2,1-2H3,(H,34,35)(H,36,37)(H,38,39)(H,40,41)/t29-,30+,31?. The molecule has 2 aromatic rings. The van der Waals surface area contributed by atoms with Crippen molar-refractivity contribution in [2.24, 2.45) is 0 Å². The van der Waals surface area contributed by atoms with Crippen LogP contribution in [0.1, 0.15) is 29.2 Å². The molecule has 0 radical (unpaired) electrons. The summed E-state index contributed by atoms with van der Waals surface area (Å²) in [5, 5.41) is 63.5. The van der Waals surface area contributed by atoms with E-state index in [1.165, 1.54) is 62.4 Å². The first-order chi connectivity index (χ1) is 22.0. The third-order valence-corrected chi connectivity index (χ3v) is 10.6.